The summed E-state index contributed by atoms with van der Waals surface area (Å²) in [6, 6.07) is 6.94. The minimum absolute atomic E-state index is 0.173. The predicted octanol–water partition coefficient (Wildman–Crippen LogP) is 5.81. The number of rotatable bonds is 15. The standard InChI is InChI=1S/C20H33NO3/c22-18-12-10-8-6-4-2-1-3-5-7-9-11-13-19-14-16-20(17-15-19)21(23)24/h14-17,22H,1-13,18H2. The molecule has 1 aromatic rings. The van der Waals surface area contributed by atoms with Crippen LogP contribution in [0.5, 0.6) is 0 Å². The van der Waals surface area contributed by atoms with Crippen molar-refractivity contribution in [1.82, 2.24) is 0 Å². The molecule has 0 heterocycles. The Labute approximate surface area is 146 Å². The Hall–Kier alpha value is -1.42. The molecule has 0 saturated carbocycles. The van der Waals surface area contributed by atoms with Gasteiger partial charge in [-0.05, 0) is 24.8 Å². The summed E-state index contributed by atoms with van der Waals surface area (Å²) in [6.45, 7) is 0.337. The van der Waals surface area contributed by atoms with Crippen LogP contribution in [0.15, 0.2) is 24.3 Å². The Morgan fingerprint density at radius 2 is 1.12 bits per heavy atom. The highest BCUT2D eigenvalue weighted by Crippen LogP contribution is 2.15. The third kappa shape index (κ3) is 10.4. The van der Waals surface area contributed by atoms with Gasteiger partial charge < -0.3 is 5.11 Å². The second kappa shape index (κ2) is 14.0. The monoisotopic (exact) mass is 335 g/mol. The molecule has 0 saturated heterocycles. The first-order valence-electron chi connectivity index (χ1n) is 9.58. The second-order valence-corrected chi connectivity index (χ2v) is 6.64. The number of nitro groups is 1. The summed E-state index contributed by atoms with van der Waals surface area (Å²) < 4.78 is 0. The van der Waals surface area contributed by atoms with Crippen LogP contribution in [-0.4, -0.2) is 16.6 Å². The van der Waals surface area contributed by atoms with Crippen LogP contribution in [0.25, 0.3) is 0 Å². The van der Waals surface area contributed by atoms with Gasteiger partial charge in [-0.1, -0.05) is 76.3 Å². The molecule has 1 aromatic carbocycles. The van der Waals surface area contributed by atoms with Crippen molar-refractivity contribution in [2.75, 3.05) is 6.61 Å². The molecule has 4 nitrogen and oxygen atoms in total. The molecule has 1 N–H and O–H groups in total. The van der Waals surface area contributed by atoms with Crippen molar-refractivity contribution in [3.8, 4) is 0 Å². The van der Waals surface area contributed by atoms with Crippen LogP contribution in [-0.2, 0) is 6.42 Å². The SMILES string of the molecule is O=[N+]([O-])c1ccc(CCCCCCCCCCCCCCO)cc1. The van der Waals surface area contributed by atoms with E-state index in [9.17, 15) is 10.1 Å². The minimum atomic E-state index is -0.348. The maximum absolute atomic E-state index is 10.6. The lowest BCUT2D eigenvalue weighted by molar-refractivity contribution is -0.384. The fourth-order valence-corrected chi connectivity index (χ4v) is 2.99. The van der Waals surface area contributed by atoms with E-state index in [0.29, 0.717) is 6.61 Å². The van der Waals surface area contributed by atoms with Crippen LogP contribution in [0.2, 0.25) is 0 Å². The van der Waals surface area contributed by atoms with Gasteiger partial charge in [0, 0.05) is 18.7 Å². The number of aliphatic hydroxyl groups excluding tert-OH is 1. The zero-order chi connectivity index (χ0) is 17.5. The van der Waals surface area contributed by atoms with Gasteiger partial charge in [-0.25, -0.2) is 0 Å². The third-order valence-electron chi connectivity index (χ3n) is 4.52. The van der Waals surface area contributed by atoms with E-state index in [1.807, 2.05) is 12.1 Å². The molecule has 0 fully saturated rings. The van der Waals surface area contributed by atoms with Crippen LogP contribution < -0.4 is 0 Å². The molecular formula is C20H33NO3. The van der Waals surface area contributed by atoms with Gasteiger partial charge in [-0.2, -0.15) is 0 Å². The van der Waals surface area contributed by atoms with E-state index in [2.05, 4.69) is 0 Å². The molecule has 0 radical (unpaired) electrons. The molecule has 136 valence electrons. The normalized spacial score (nSPS) is 10.9. The Morgan fingerprint density at radius 1 is 0.708 bits per heavy atom. The number of non-ortho nitro benzene ring substituents is 1. The fraction of sp³-hybridized carbons (Fsp3) is 0.700. The van der Waals surface area contributed by atoms with Gasteiger partial charge in [-0.15, -0.1) is 0 Å². The van der Waals surface area contributed by atoms with E-state index < -0.39 is 0 Å². The summed E-state index contributed by atoms with van der Waals surface area (Å²) in [7, 11) is 0. The van der Waals surface area contributed by atoms with Gasteiger partial charge >= 0.3 is 0 Å². The molecule has 24 heavy (non-hydrogen) atoms. The Balaban J connectivity index is 1.87. The molecule has 1 rings (SSSR count). The molecule has 0 amide bonds. The number of unbranched alkanes of at least 4 members (excludes halogenated alkanes) is 11. The lowest BCUT2D eigenvalue weighted by Crippen LogP contribution is -1.90. The van der Waals surface area contributed by atoms with Crippen molar-refractivity contribution in [3.05, 3.63) is 39.9 Å². The largest absolute Gasteiger partial charge is 0.396 e. The molecule has 0 aromatic heterocycles. The van der Waals surface area contributed by atoms with E-state index in [0.717, 1.165) is 12.8 Å². The summed E-state index contributed by atoms with van der Waals surface area (Å²) >= 11 is 0. The van der Waals surface area contributed by atoms with Gasteiger partial charge in [0.2, 0.25) is 0 Å². The van der Waals surface area contributed by atoms with E-state index in [4.69, 9.17) is 5.11 Å². The van der Waals surface area contributed by atoms with Crippen LogP contribution in [0.1, 0.15) is 82.6 Å². The van der Waals surface area contributed by atoms with Crippen molar-refractivity contribution in [2.45, 2.75) is 83.5 Å². The van der Waals surface area contributed by atoms with Crippen LogP contribution in [0.4, 0.5) is 5.69 Å². The molecular weight excluding hydrogens is 302 g/mol. The molecule has 0 aliphatic rings. The van der Waals surface area contributed by atoms with E-state index >= 15 is 0 Å². The molecule has 0 unspecified atom stereocenters. The van der Waals surface area contributed by atoms with Gasteiger partial charge in [0.1, 0.15) is 0 Å². The van der Waals surface area contributed by atoms with Gasteiger partial charge in [0.15, 0.2) is 0 Å². The highest BCUT2D eigenvalue weighted by atomic mass is 16.6. The Morgan fingerprint density at radius 3 is 1.54 bits per heavy atom. The zero-order valence-corrected chi connectivity index (χ0v) is 14.9. The maximum atomic E-state index is 10.6. The number of benzene rings is 1. The van der Waals surface area contributed by atoms with Crippen molar-refractivity contribution in [2.24, 2.45) is 0 Å². The van der Waals surface area contributed by atoms with Crippen molar-refractivity contribution in [1.29, 1.82) is 0 Å². The van der Waals surface area contributed by atoms with Crippen LogP contribution in [0.3, 0.4) is 0 Å². The summed E-state index contributed by atoms with van der Waals surface area (Å²) in [5.74, 6) is 0. The lowest BCUT2D eigenvalue weighted by Gasteiger charge is -2.03. The maximum Gasteiger partial charge on any atom is 0.269 e. The van der Waals surface area contributed by atoms with E-state index in [1.165, 1.54) is 76.2 Å². The van der Waals surface area contributed by atoms with Gasteiger partial charge in [0.05, 0.1) is 4.92 Å². The smallest absolute Gasteiger partial charge is 0.269 e. The summed E-state index contributed by atoms with van der Waals surface area (Å²) in [5, 5.41) is 19.3. The van der Waals surface area contributed by atoms with Gasteiger partial charge in [0.25, 0.3) is 5.69 Å². The number of nitrogens with zero attached hydrogens (tertiary/aromatic N) is 1. The Kier molecular flexibility index (Phi) is 12.0. The molecule has 4 heteroatoms. The van der Waals surface area contributed by atoms with Crippen molar-refractivity contribution < 1.29 is 10.0 Å². The van der Waals surface area contributed by atoms with Gasteiger partial charge in [-0.3, -0.25) is 10.1 Å². The number of hydrogen-bond acceptors (Lipinski definition) is 3. The topological polar surface area (TPSA) is 63.4 Å². The average molecular weight is 335 g/mol. The molecule has 0 aliphatic carbocycles. The lowest BCUT2D eigenvalue weighted by atomic mass is 10.0. The first-order valence-corrected chi connectivity index (χ1v) is 9.58. The molecule has 0 atom stereocenters. The summed E-state index contributed by atoms with van der Waals surface area (Å²) in [6.07, 6.45) is 16.1. The number of nitro benzene ring substituents is 1. The highest BCUT2D eigenvalue weighted by molar-refractivity contribution is 5.32. The molecule has 0 aliphatic heterocycles. The van der Waals surface area contributed by atoms with Crippen LogP contribution >= 0.6 is 0 Å². The summed E-state index contributed by atoms with van der Waals surface area (Å²) in [5.41, 5.74) is 1.37. The van der Waals surface area contributed by atoms with Crippen LogP contribution in [0, 0.1) is 10.1 Å². The van der Waals surface area contributed by atoms with E-state index in [-0.39, 0.29) is 10.6 Å². The summed E-state index contributed by atoms with van der Waals surface area (Å²) in [4.78, 5) is 10.2. The molecule has 0 spiro atoms. The molecule has 0 bridgehead atoms. The predicted molar refractivity (Wildman–Crippen MR) is 99.3 cm³/mol. The second-order valence-electron chi connectivity index (χ2n) is 6.64. The fourth-order valence-electron chi connectivity index (χ4n) is 2.99. The number of aliphatic hydroxyl groups is 1. The van der Waals surface area contributed by atoms with Crippen molar-refractivity contribution in [3.63, 3.8) is 0 Å². The number of aryl methyl sites for hydroxylation is 1. The minimum Gasteiger partial charge on any atom is -0.396 e. The highest BCUT2D eigenvalue weighted by Gasteiger charge is 2.03. The number of hydrogen-bond donors (Lipinski definition) is 1. The quantitative estimate of drug-likeness (QED) is 0.250. The van der Waals surface area contributed by atoms with E-state index in [1.54, 1.807) is 12.1 Å². The van der Waals surface area contributed by atoms with Crippen molar-refractivity contribution >= 4 is 5.69 Å². The first-order chi connectivity index (χ1) is 11.7. The third-order valence-corrected chi connectivity index (χ3v) is 4.52. The average Bonchev–Trinajstić information content (AvgIpc) is 2.59. The first kappa shape index (κ1) is 20.6. The Bertz CT molecular complexity index is 431. The zero-order valence-electron chi connectivity index (χ0n) is 14.9.